The highest BCUT2D eigenvalue weighted by Crippen LogP contribution is 2.49. The average Bonchev–Trinajstić information content (AvgIpc) is 3.62. The van der Waals surface area contributed by atoms with Crippen LogP contribution < -0.4 is 15.0 Å². The van der Waals surface area contributed by atoms with Crippen molar-refractivity contribution in [3.8, 4) is 5.75 Å². The van der Waals surface area contributed by atoms with E-state index < -0.39 is 29.6 Å². The summed E-state index contributed by atoms with van der Waals surface area (Å²) in [6.45, 7) is 0.0903. The number of benzene rings is 2. The molecule has 2 aromatic carbocycles. The molecule has 3 aromatic rings. The summed E-state index contributed by atoms with van der Waals surface area (Å²) >= 11 is 0. The molecule has 2 aliphatic rings. The number of urea groups is 1. The third kappa shape index (κ3) is 4.47. The highest BCUT2D eigenvalue weighted by atomic mass is 19.4. The van der Waals surface area contributed by atoms with Crippen LogP contribution in [-0.4, -0.2) is 39.6 Å². The zero-order valence-corrected chi connectivity index (χ0v) is 18.7. The van der Waals surface area contributed by atoms with E-state index in [1.165, 1.54) is 23.2 Å². The van der Waals surface area contributed by atoms with E-state index in [0.717, 1.165) is 17.0 Å². The van der Waals surface area contributed by atoms with Crippen molar-refractivity contribution < 1.29 is 32.3 Å². The van der Waals surface area contributed by atoms with Crippen LogP contribution in [0, 0.1) is 0 Å². The first-order valence-electron chi connectivity index (χ1n) is 11.0. The Balaban J connectivity index is 1.33. The predicted molar refractivity (Wildman–Crippen MR) is 122 cm³/mol. The molecule has 5 rings (SSSR count). The second kappa shape index (κ2) is 8.67. The number of hydrogen-bond acceptors (Lipinski definition) is 5. The third-order valence-electron chi connectivity index (χ3n) is 6.03. The Morgan fingerprint density at radius 2 is 1.72 bits per heavy atom. The number of anilines is 2. The van der Waals surface area contributed by atoms with Gasteiger partial charge in [-0.05, 0) is 66.9 Å². The largest absolute Gasteiger partial charge is 0.573 e. The van der Waals surface area contributed by atoms with Gasteiger partial charge in [-0.15, -0.1) is 13.2 Å². The van der Waals surface area contributed by atoms with Crippen LogP contribution >= 0.6 is 0 Å². The Morgan fingerprint density at radius 3 is 2.36 bits per heavy atom. The molecule has 184 valence electrons. The van der Waals surface area contributed by atoms with Gasteiger partial charge in [-0.25, -0.2) is 14.7 Å². The number of halogens is 3. The molecule has 1 aliphatic carbocycles. The molecule has 1 N–H and O–H groups in total. The fraction of sp³-hybridized carbons (Fsp3) is 0.200. The lowest BCUT2D eigenvalue weighted by Crippen LogP contribution is -2.36. The molecule has 0 atom stereocenters. The fourth-order valence-corrected chi connectivity index (χ4v) is 4.16. The SMILES string of the molecule is O=C(Nc1cc(CN2C(=O)N(c3ccc(OC(F)(F)F)cc3)C(=O)C23CC3)ccn1)c1ccccc1. The van der Waals surface area contributed by atoms with Gasteiger partial charge in [0, 0.05) is 18.3 Å². The van der Waals surface area contributed by atoms with Gasteiger partial charge in [0.25, 0.3) is 11.8 Å². The van der Waals surface area contributed by atoms with E-state index in [-0.39, 0.29) is 18.1 Å². The molecule has 2 fully saturated rings. The molecule has 0 radical (unpaired) electrons. The molecule has 36 heavy (non-hydrogen) atoms. The van der Waals surface area contributed by atoms with Gasteiger partial charge in [0.1, 0.15) is 17.1 Å². The minimum absolute atomic E-state index is 0.0903. The number of aromatic nitrogens is 1. The number of alkyl halides is 3. The minimum atomic E-state index is -4.85. The number of ether oxygens (including phenoxy) is 1. The molecular formula is C25H19F3N4O4. The van der Waals surface area contributed by atoms with E-state index in [1.54, 1.807) is 42.5 Å². The van der Waals surface area contributed by atoms with Crippen LogP contribution in [0.2, 0.25) is 0 Å². The number of rotatable bonds is 6. The van der Waals surface area contributed by atoms with E-state index in [9.17, 15) is 27.6 Å². The van der Waals surface area contributed by atoms with Gasteiger partial charge >= 0.3 is 12.4 Å². The highest BCUT2D eigenvalue weighted by Gasteiger charge is 2.65. The first-order valence-corrected chi connectivity index (χ1v) is 11.0. The third-order valence-corrected chi connectivity index (χ3v) is 6.03. The van der Waals surface area contributed by atoms with Gasteiger partial charge in [0.05, 0.1) is 5.69 Å². The second-order valence-electron chi connectivity index (χ2n) is 8.45. The average molecular weight is 496 g/mol. The van der Waals surface area contributed by atoms with Crippen molar-refractivity contribution in [1.82, 2.24) is 9.88 Å². The molecule has 8 nitrogen and oxygen atoms in total. The highest BCUT2D eigenvalue weighted by molar-refractivity contribution is 6.24. The smallest absolute Gasteiger partial charge is 0.406 e. The fourth-order valence-electron chi connectivity index (χ4n) is 4.16. The number of hydrogen-bond donors (Lipinski definition) is 1. The van der Waals surface area contributed by atoms with Crippen molar-refractivity contribution >= 4 is 29.4 Å². The molecule has 4 amide bonds. The van der Waals surface area contributed by atoms with E-state index in [2.05, 4.69) is 15.0 Å². The Kier molecular flexibility index (Phi) is 5.62. The molecular weight excluding hydrogens is 477 g/mol. The lowest BCUT2D eigenvalue weighted by atomic mass is 10.2. The molecule has 1 spiro atoms. The van der Waals surface area contributed by atoms with Crippen LogP contribution in [0.25, 0.3) is 0 Å². The van der Waals surface area contributed by atoms with E-state index in [4.69, 9.17) is 0 Å². The van der Waals surface area contributed by atoms with Gasteiger partial charge in [0.2, 0.25) is 0 Å². The molecule has 1 saturated carbocycles. The molecule has 11 heteroatoms. The number of carbonyl (C=O) groups is 3. The molecule has 1 aromatic heterocycles. The topological polar surface area (TPSA) is 91.8 Å². The standard InChI is InChI=1S/C25H19F3N4O4/c26-25(27,28)36-19-8-6-18(7-9-19)32-22(34)24(11-12-24)31(23(32)35)15-16-10-13-29-20(14-16)30-21(33)17-4-2-1-3-5-17/h1-10,13-14H,11-12,15H2,(H,29,30,33). The van der Waals surface area contributed by atoms with Gasteiger partial charge in [-0.2, -0.15) is 0 Å². The summed E-state index contributed by atoms with van der Waals surface area (Å²) < 4.78 is 41.2. The molecule has 1 saturated heterocycles. The summed E-state index contributed by atoms with van der Waals surface area (Å²) in [5.74, 6) is -0.925. The van der Waals surface area contributed by atoms with Crippen LogP contribution in [0.15, 0.2) is 72.9 Å². The van der Waals surface area contributed by atoms with Gasteiger partial charge in [0.15, 0.2) is 0 Å². The normalized spacial score (nSPS) is 16.4. The second-order valence-corrected chi connectivity index (χ2v) is 8.45. The number of nitrogens with one attached hydrogen (secondary N) is 1. The van der Waals surface area contributed by atoms with E-state index in [0.29, 0.717) is 29.8 Å². The summed E-state index contributed by atoms with van der Waals surface area (Å²) in [4.78, 5) is 45.5. The summed E-state index contributed by atoms with van der Waals surface area (Å²) in [6.07, 6.45) is -2.40. The van der Waals surface area contributed by atoms with Crippen molar-refractivity contribution in [3.05, 3.63) is 84.1 Å². The number of nitrogens with zero attached hydrogens (tertiary/aromatic N) is 3. The number of pyridine rings is 1. The first-order chi connectivity index (χ1) is 17.2. The summed E-state index contributed by atoms with van der Waals surface area (Å²) in [7, 11) is 0. The van der Waals surface area contributed by atoms with Gasteiger partial charge in [-0.1, -0.05) is 18.2 Å². The monoisotopic (exact) mass is 496 g/mol. The lowest BCUT2D eigenvalue weighted by molar-refractivity contribution is -0.274. The van der Waals surface area contributed by atoms with Crippen LogP contribution in [0.1, 0.15) is 28.8 Å². The molecule has 0 bridgehead atoms. The van der Waals surface area contributed by atoms with Gasteiger partial charge < -0.3 is 15.0 Å². The Morgan fingerprint density at radius 1 is 1.03 bits per heavy atom. The van der Waals surface area contributed by atoms with Crippen molar-refractivity contribution in [2.45, 2.75) is 31.3 Å². The van der Waals surface area contributed by atoms with Crippen LogP contribution in [-0.2, 0) is 11.3 Å². The number of amides is 4. The Labute approximate surface area is 203 Å². The van der Waals surface area contributed by atoms with E-state index in [1.807, 2.05) is 0 Å². The molecule has 2 heterocycles. The quantitative estimate of drug-likeness (QED) is 0.498. The first kappa shape index (κ1) is 23.3. The van der Waals surface area contributed by atoms with Crippen LogP contribution in [0.4, 0.5) is 29.5 Å². The number of carbonyl (C=O) groups excluding carboxylic acids is 3. The maximum atomic E-state index is 13.3. The molecule has 1 aliphatic heterocycles. The summed E-state index contributed by atoms with van der Waals surface area (Å²) in [6, 6.07) is 15.9. The summed E-state index contributed by atoms with van der Waals surface area (Å²) in [5.41, 5.74) is 0.272. The summed E-state index contributed by atoms with van der Waals surface area (Å²) in [5, 5.41) is 2.71. The van der Waals surface area contributed by atoms with Crippen molar-refractivity contribution in [3.63, 3.8) is 0 Å². The van der Waals surface area contributed by atoms with Crippen molar-refractivity contribution in [2.75, 3.05) is 10.2 Å². The zero-order chi connectivity index (χ0) is 25.5. The predicted octanol–water partition coefficient (Wildman–Crippen LogP) is 4.73. The van der Waals surface area contributed by atoms with E-state index >= 15 is 0 Å². The molecule has 0 unspecified atom stereocenters. The lowest BCUT2D eigenvalue weighted by Gasteiger charge is -2.21. The maximum absolute atomic E-state index is 13.3. The van der Waals surface area contributed by atoms with Crippen LogP contribution in [0.5, 0.6) is 5.75 Å². The van der Waals surface area contributed by atoms with Crippen molar-refractivity contribution in [1.29, 1.82) is 0 Å². The van der Waals surface area contributed by atoms with Gasteiger partial charge in [-0.3, -0.25) is 9.59 Å². The Hall–Kier alpha value is -4.41. The van der Waals surface area contributed by atoms with Crippen LogP contribution in [0.3, 0.4) is 0 Å². The minimum Gasteiger partial charge on any atom is -0.406 e. The Bertz CT molecular complexity index is 1330. The van der Waals surface area contributed by atoms with Crippen molar-refractivity contribution in [2.24, 2.45) is 0 Å². The number of imide groups is 1. The maximum Gasteiger partial charge on any atom is 0.573 e. The zero-order valence-electron chi connectivity index (χ0n) is 18.7.